The SMILES string of the molecule is COc1cc(O)c(C(CC(=O)N2CC(C)CC(C)C2)c2cccc(F)c2)c(OC)c1. The Balaban J connectivity index is 2.01. The smallest absolute Gasteiger partial charge is 0.223 e. The first-order valence-electron chi connectivity index (χ1n) is 10.3. The average Bonchev–Trinajstić information content (AvgIpc) is 2.70. The Labute approximate surface area is 177 Å². The van der Waals surface area contributed by atoms with Crippen molar-refractivity contribution in [2.24, 2.45) is 11.8 Å². The number of phenolic OH excluding ortho intramolecular Hbond substituents is 1. The standard InChI is InChI=1S/C24H30FNO4/c1-15-8-16(2)14-26(13-15)23(28)12-20(17-6-5-7-18(25)9-17)24-21(27)10-19(29-3)11-22(24)30-4/h5-7,9-11,15-16,20,27H,8,12-14H2,1-4H3. The van der Waals surface area contributed by atoms with Gasteiger partial charge in [-0.25, -0.2) is 4.39 Å². The van der Waals surface area contributed by atoms with Crippen LogP contribution in [0.3, 0.4) is 0 Å². The maximum absolute atomic E-state index is 14.0. The third-order valence-electron chi connectivity index (χ3n) is 5.75. The lowest BCUT2D eigenvalue weighted by atomic mass is 9.85. The van der Waals surface area contributed by atoms with E-state index in [9.17, 15) is 14.3 Å². The van der Waals surface area contributed by atoms with Crippen molar-refractivity contribution in [1.29, 1.82) is 0 Å². The summed E-state index contributed by atoms with van der Waals surface area (Å²) in [5.41, 5.74) is 1.07. The normalized spacial score (nSPS) is 20.0. The van der Waals surface area contributed by atoms with E-state index in [2.05, 4.69) is 13.8 Å². The van der Waals surface area contributed by atoms with Gasteiger partial charge in [-0.1, -0.05) is 26.0 Å². The Kier molecular flexibility index (Phi) is 6.85. The van der Waals surface area contributed by atoms with Crippen LogP contribution in [0.25, 0.3) is 0 Å². The van der Waals surface area contributed by atoms with Crippen LogP contribution in [0, 0.1) is 17.7 Å². The predicted molar refractivity (Wildman–Crippen MR) is 114 cm³/mol. The van der Waals surface area contributed by atoms with E-state index in [-0.39, 0.29) is 18.1 Å². The van der Waals surface area contributed by atoms with Crippen molar-refractivity contribution in [3.05, 3.63) is 53.3 Å². The minimum absolute atomic E-state index is 0.0140. The van der Waals surface area contributed by atoms with Gasteiger partial charge in [0.1, 0.15) is 23.1 Å². The Morgan fingerprint density at radius 1 is 1.17 bits per heavy atom. The van der Waals surface area contributed by atoms with Gasteiger partial charge in [0.2, 0.25) is 5.91 Å². The molecule has 1 aliphatic heterocycles. The molecule has 1 saturated heterocycles. The predicted octanol–water partition coefficient (Wildman–Crippen LogP) is 4.58. The van der Waals surface area contributed by atoms with Crippen LogP contribution in [-0.4, -0.2) is 43.2 Å². The van der Waals surface area contributed by atoms with Crippen LogP contribution in [0.1, 0.15) is 43.7 Å². The zero-order valence-electron chi connectivity index (χ0n) is 18.0. The van der Waals surface area contributed by atoms with Crippen molar-refractivity contribution >= 4 is 5.91 Å². The fourth-order valence-corrected chi connectivity index (χ4v) is 4.50. The van der Waals surface area contributed by atoms with Crippen LogP contribution < -0.4 is 9.47 Å². The number of piperidine rings is 1. The summed E-state index contributed by atoms with van der Waals surface area (Å²) in [6, 6.07) is 9.30. The van der Waals surface area contributed by atoms with Gasteiger partial charge in [-0.3, -0.25) is 4.79 Å². The monoisotopic (exact) mass is 415 g/mol. The number of rotatable bonds is 6. The molecule has 5 nitrogen and oxygen atoms in total. The molecule has 1 aliphatic rings. The highest BCUT2D eigenvalue weighted by Gasteiger charge is 2.31. The molecule has 2 aromatic carbocycles. The quantitative estimate of drug-likeness (QED) is 0.751. The van der Waals surface area contributed by atoms with E-state index in [1.165, 1.54) is 32.4 Å². The van der Waals surface area contributed by atoms with E-state index >= 15 is 0 Å². The van der Waals surface area contributed by atoms with Crippen molar-refractivity contribution in [2.45, 2.75) is 32.6 Å². The van der Waals surface area contributed by atoms with Gasteiger partial charge < -0.3 is 19.5 Å². The molecule has 1 N–H and O–H groups in total. The molecule has 1 fully saturated rings. The van der Waals surface area contributed by atoms with E-state index in [0.717, 1.165) is 6.42 Å². The van der Waals surface area contributed by atoms with Gasteiger partial charge in [-0.2, -0.15) is 0 Å². The molecule has 1 amide bonds. The summed E-state index contributed by atoms with van der Waals surface area (Å²) in [5.74, 6) is 0.709. The maximum Gasteiger partial charge on any atom is 0.223 e. The van der Waals surface area contributed by atoms with E-state index in [1.807, 2.05) is 4.90 Å². The summed E-state index contributed by atoms with van der Waals surface area (Å²) >= 11 is 0. The Bertz CT molecular complexity index is 891. The molecule has 0 bridgehead atoms. The van der Waals surface area contributed by atoms with Gasteiger partial charge in [0.25, 0.3) is 0 Å². The summed E-state index contributed by atoms with van der Waals surface area (Å²) in [4.78, 5) is 15.1. The van der Waals surface area contributed by atoms with Crippen molar-refractivity contribution < 1.29 is 23.8 Å². The number of carbonyl (C=O) groups excluding carboxylic acids is 1. The number of carbonyl (C=O) groups is 1. The highest BCUT2D eigenvalue weighted by atomic mass is 19.1. The van der Waals surface area contributed by atoms with Crippen LogP contribution >= 0.6 is 0 Å². The van der Waals surface area contributed by atoms with Gasteiger partial charge in [-0.15, -0.1) is 0 Å². The zero-order valence-corrected chi connectivity index (χ0v) is 18.0. The molecule has 3 unspecified atom stereocenters. The lowest BCUT2D eigenvalue weighted by molar-refractivity contribution is -0.134. The number of aromatic hydroxyl groups is 1. The molecule has 2 aromatic rings. The Hall–Kier alpha value is -2.76. The Morgan fingerprint density at radius 2 is 1.87 bits per heavy atom. The lowest BCUT2D eigenvalue weighted by Gasteiger charge is -2.36. The molecular weight excluding hydrogens is 385 g/mol. The minimum atomic E-state index is -0.554. The first-order valence-corrected chi connectivity index (χ1v) is 10.3. The first kappa shape index (κ1) is 21.9. The number of phenols is 1. The van der Waals surface area contributed by atoms with E-state index in [4.69, 9.17) is 9.47 Å². The molecule has 3 rings (SSSR count). The van der Waals surface area contributed by atoms with Gasteiger partial charge in [0, 0.05) is 43.1 Å². The summed E-state index contributed by atoms with van der Waals surface area (Å²) < 4.78 is 24.8. The largest absolute Gasteiger partial charge is 0.507 e. The third kappa shape index (κ3) is 4.86. The van der Waals surface area contributed by atoms with Crippen LogP contribution in [0.2, 0.25) is 0 Å². The van der Waals surface area contributed by atoms with Gasteiger partial charge in [0.05, 0.1) is 14.2 Å². The van der Waals surface area contributed by atoms with Gasteiger partial charge in [0.15, 0.2) is 0 Å². The first-order chi connectivity index (χ1) is 14.3. The number of nitrogens with zero attached hydrogens (tertiary/aromatic N) is 1. The summed E-state index contributed by atoms with van der Waals surface area (Å²) in [6.45, 7) is 5.73. The van der Waals surface area contributed by atoms with Crippen molar-refractivity contribution in [1.82, 2.24) is 4.90 Å². The molecular formula is C24H30FNO4. The third-order valence-corrected chi connectivity index (χ3v) is 5.75. The number of amides is 1. The molecule has 0 radical (unpaired) electrons. The number of benzene rings is 2. The molecule has 0 spiro atoms. The number of hydrogen-bond donors (Lipinski definition) is 1. The highest BCUT2D eigenvalue weighted by Crippen LogP contribution is 2.43. The van der Waals surface area contributed by atoms with Gasteiger partial charge in [-0.05, 0) is 36.0 Å². The molecule has 30 heavy (non-hydrogen) atoms. The Morgan fingerprint density at radius 3 is 2.47 bits per heavy atom. The molecule has 162 valence electrons. The zero-order chi connectivity index (χ0) is 21.8. The van der Waals surface area contributed by atoms with Crippen LogP contribution in [0.4, 0.5) is 4.39 Å². The number of hydrogen-bond acceptors (Lipinski definition) is 4. The van der Waals surface area contributed by atoms with Crippen LogP contribution in [0.15, 0.2) is 36.4 Å². The van der Waals surface area contributed by atoms with E-state index < -0.39 is 11.7 Å². The molecule has 0 aliphatic carbocycles. The topological polar surface area (TPSA) is 59.0 Å². The summed E-state index contributed by atoms with van der Waals surface area (Å²) in [7, 11) is 3.00. The van der Waals surface area contributed by atoms with Crippen molar-refractivity contribution in [3.8, 4) is 17.2 Å². The molecule has 6 heteroatoms. The van der Waals surface area contributed by atoms with Crippen molar-refractivity contribution in [2.75, 3.05) is 27.3 Å². The fraction of sp³-hybridized carbons (Fsp3) is 0.458. The maximum atomic E-state index is 14.0. The minimum Gasteiger partial charge on any atom is -0.507 e. The fourth-order valence-electron chi connectivity index (χ4n) is 4.50. The van der Waals surface area contributed by atoms with Crippen LogP contribution in [-0.2, 0) is 4.79 Å². The molecule has 3 atom stereocenters. The van der Waals surface area contributed by atoms with Gasteiger partial charge >= 0.3 is 0 Å². The number of methoxy groups -OCH3 is 2. The summed E-state index contributed by atoms with van der Waals surface area (Å²) in [6.07, 6.45) is 1.21. The van der Waals surface area contributed by atoms with E-state index in [0.29, 0.717) is 47.6 Å². The molecule has 0 saturated carbocycles. The van der Waals surface area contributed by atoms with E-state index in [1.54, 1.807) is 18.2 Å². The highest BCUT2D eigenvalue weighted by molar-refractivity contribution is 5.78. The summed E-state index contributed by atoms with van der Waals surface area (Å²) in [5, 5.41) is 10.8. The number of ether oxygens (including phenoxy) is 2. The number of likely N-dealkylation sites (tertiary alicyclic amines) is 1. The van der Waals surface area contributed by atoms with Crippen LogP contribution in [0.5, 0.6) is 17.2 Å². The van der Waals surface area contributed by atoms with Crippen molar-refractivity contribution in [3.63, 3.8) is 0 Å². The second-order valence-corrected chi connectivity index (χ2v) is 8.32. The molecule has 0 aromatic heterocycles. The molecule has 1 heterocycles. The second kappa shape index (κ2) is 9.37. The second-order valence-electron chi connectivity index (χ2n) is 8.32. The average molecular weight is 416 g/mol. The lowest BCUT2D eigenvalue weighted by Crippen LogP contribution is -2.43. The number of halogens is 1.